The Labute approximate surface area is 113 Å². The molecular weight excluding hydrogens is 236 g/mol. The molecule has 0 aliphatic rings. The van der Waals surface area contributed by atoms with Crippen LogP contribution in [0.4, 0.5) is 0 Å². The van der Waals surface area contributed by atoms with Crippen LogP contribution in [0.25, 0.3) is 0 Å². The van der Waals surface area contributed by atoms with Gasteiger partial charge >= 0.3 is 0 Å². The van der Waals surface area contributed by atoms with Gasteiger partial charge in [0.15, 0.2) is 0 Å². The number of nitrogens with one attached hydrogen (secondary N) is 1. The number of carbonyl (C=O) groups is 1. The molecule has 0 saturated heterocycles. The molecule has 1 heterocycles. The maximum absolute atomic E-state index is 12.0. The summed E-state index contributed by atoms with van der Waals surface area (Å²) in [5.41, 5.74) is 1.82. The second-order valence-electron chi connectivity index (χ2n) is 4.22. The van der Waals surface area contributed by atoms with Crippen molar-refractivity contribution in [2.75, 3.05) is 6.54 Å². The molecule has 0 spiro atoms. The van der Waals surface area contributed by atoms with E-state index in [1.165, 1.54) is 0 Å². The van der Waals surface area contributed by atoms with Crippen molar-refractivity contribution in [3.8, 4) is 12.3 Å². The summed E-state index contributed by atoms with van der Waals surface area (Å²) in [7, 11) is 0. The third kappa shape index (κ3) is 3.49. The molecule has 0 unspecified atom stereocenters. The summed E-state index contributed by atoms with van der Waals surface area (Å²) in [5, 5.41) is 2.81. The Bertz CT molecular complexity index is 578. The fourth-order valence-corrected chi connectivity index (χ4v) is 1.88. The molecule has 96 valence electrons. The van der Waals surface area contributed by atoms with E-state index in [0.29, 0.717) is 25.2 Å². The molecule has 3 heteroatoms. The number of rotatable bonds is 5. The van der Waals surface area contributed by atoms with Crippen LogP contribution < -0.4 is 5.32 Å². The van der Waals surface area contributed by atoms with E-state index in [2.05, 4.69) is 11.2 Å². The van der Waals surface area contributed by atoms with Gasteiger partial charge in [0.1, 0.15) is 5.69 Å². The lowest BCUT2D eigenvalue weighted by atomic mass is 10.2. The SMILES string of the molecule is C#CCCNC(=O)c1cccn1Cc1ccccc1. The van der Waals surface area contributed by atoms with Crippen LogP contribution in [0.2, 0.25) is 0 Å². The first-order chi connectivity index (χ1) is 9.31. The van der Waals surface area contributed by atoms with Gasteiger partial charge in [-0.15, -0.1) is 12.3 Å². The van der Waals surface area contributed by atoms with Crippen LogP contribution >= 0.6 is 0 Å². The number of hydrogen-bond acceptors (Lipinski definition) is 1. The van der Waals surface area contributed by atoms with Crippen LogP contribution in [0.3, 0.4) is 0 Å². The van der Waals surface area contributed by atoms with Gasteiger partial charge in [-0.05, 0) is 17.7 Å². The molecule has 0 saturated carbocycles. The monoisotopic (exact) mass is 252 g/mol. The first-order valence-electron chi connectivity index (χ1n) is 6.22. The smallest absolute Gasteiger partial charge is 0.267 e. The van der Waals surface area contributed by atoms with Crippen LogP contribution in [0, 0.1) is 12.3 Å². The van der Waals surface area contributed by atoms with Crippen molar-refractivity contribution < 1.29 is 4.79 Å². The van der Waals surface area contributed by atoms with Crippen LogP contribution in [0.15, 0.2) is 48.7 Å². The molecule has 2 rings (SSSR count). The van der Waals surface area contributed by atoms with E-state index in [-0.39, 0.29) is 5.91 Å². The molecule has 19 heavy (non-hydrogen) atoms. The van der Waals surface area contributed by atoms with Crippen molar-refractivity contribution in [2.45, 2.75) is 13.0 Å². The molecular formula is C16H16N2O. The quantitative estimate of drug-likeness (QED) is 0.643. The normalized spacial score (nSPS) is 9.84. The predicted octanol–water partition coefficient (Wildman–Crippen LogP) is 2.29. The molecule has 2 aromatic rings. The number of nitrogens with zero attached hydrogens (tertiary/aromatic N) is 1. The van der Waals surface area contributed by atoms with Crippen molar-refractivity contribution in [3.05, 3.63) is 59.9 Å². The van der Waals surface area contributed by atoms with Crippen LogP contribution in [-0.4, -0.2) is 17.0 Å². The number of carbonyl (C=O) groups excluding carboxylic acids is 1. The lowest BCUT2D eigenvalue weighted by molar-refractivity contribution is 0.0946. The highest BCUT2D eigenvalue weighted by Gasteiger charge is 2.09. The molecule has 0 bridgehead atoms. The van der Waals surface area contributed by atoms with Gasteiger partial charge in [0, 0.05) is 25.7 Å². The molecule has 0 aliphatic heterocycles. The van der Waals surface area contributed by atoms with Gasteiger partial charge in [-0.3, -0.25) is 4.79 Å². The largest absolute Gasteiger partial charge is 0.350 e. The number of terminal acetylenes is 1. The maximum Gasteiger partial charge on any atom is 0.267 e. The van der Waals surface area contributed by atoms with Crippen molar-refractivity contribution in [1.29, 1.82) is 0 Å². The minimum absolute atomic E-state index is 0.0869. The minimum atomic E-state index is -0.0869. The predicted molar refractivity (Wildman–Crippen MR) is 75.8 cm³/mol. The topological polar surface area (TPSA) is 34.0 Å². The molecule has 3 nitrogen and oxygen atoms in total. The van der Waals surface area contributed by atoms with E-state index in [1.807, 2.05) is 53.2 Å². The number of aromatic nitrogens is 1. The molecule has 0 aliphatic carbocycles. The first kappa shape index (κ1) is 13.0. The van der Waals surface area contributed by atoms with E-state index in [9.17, 15) is 4.79 Å². The fraction of sp³-hybridized carbons (Fsp3) is 0.188. The Kier molecular flexibility index (Phi) is 4.41. The standard InChI is InChI=1S/C16H16N2O/c1-2-3-11-17-16(19)15-10-7-12-18(15)13-14-8-5-4-6-9-14/h1,4-10,12H,3,11,13H2,(H,17,19). The van der Waals surface area contributed by atoms with E-state index in [1.54, 1.807) is 0 Å². The Hall–Kier alpha value is -2.47. The number of hydrogen-bond donors (Lipinski definition) is 1. The Morgan fingerprint density at radius 1 is 1.21 bits per heavy atom. The van der Waals surface area contributed by atoms with Crippen molar-refractivity contribution in [1.82, 2.24) is 9.88 Å². The summed E-state index contributed by atoms with van der Waals surface area (Å²) in [5.74, 6) is 2.41. The van der Waals surface area contributed by atoms with Gasteiger partial charge in [-0.2, -0.15) is 0 Å². The molecule has 1 aromatic heterocycles. The van der Waals surface area contributed by atoms with Crippen LogP contribution in [0.5, 0.6) is 0 Å². The van der Waals surface area contributed by atoms with E-state index < -0.39 is 0 Å². The Morgan fingerprint density at radius 2 is 2.00 bits per heavy atom. The lowest BCUT2D eigenvalue weighted by Gasteiger charge is -2.09. The van der Waals surface area contributed by atoms with Gasteiger partial charge in [0.2, 0.25) is 0 Å². The van der Waals surface area contributed by atoms with Gasteiger partial charge < -0.3 is 9.88 Å². The summed E-state index contributed by atoms with van der Waals surface area (Å²) in [6.07, 6.45) is 7.61. The number of benzene rings is 1. The van der Waals surface area contributed by atoms with Gasteiger partial charge in [0.25, 0.3) is 5.91 Å². The minimum Gasteiger partial charge on any atom is -0.350 e. The van der Waals surface area contributed by atoms with E-state index >= 15 is 0 Å². The fourth-order valence-electron chi connectivity index (χ4n) is 1.88. The van der Waals surface area contributed by atoms with Crippen molar-refractivity contribution in [3.63, 3.8) is 0 Å². The third-order valence-corrected chi connectivity index (χ3v) is 2.81. The summed E-state index contributed by atoms with van der Waals surface area (Å²) in [6.45, 7) is 1.19. The van der Waals surface area contributed by atoms with E-state index in [0.717, 1.165) is 5.56 Å². The van der Waals surface area contributed by atoms with Crippen LogP contribution in [0.1, 0.15) is 22.5 Å². The second-order valence-corrected chi connectivity index (χ2v) is 4.22. The van der Waals surface area contributed by atoms with Crippen LogP contribution in [-0.2, 0) is 6.54 Å². The average molecular weight is 252 g/mol. The van der Waals surface area contributed by atoms with Crippen molar-refractivity contribution >= 4 is 5.91 Å². The third-order valence-electron chi connectivity index (χ3n) is 2.81. The summed E-state index contributed by atoms with van der Waals surface area (Å²) >= 11 is 0. The highest BCUT2D eigenvalue weighted by Crippen LogP contribution is 2.07. The summed E-state index contributed by atoms with van der Waals surface area (Å²) in [6, 6.07) is 13.7. The van der Waals surface area contributed by atoms with Gasteiger partial charge in [-0.25, -0.2) is 0 Å². The zero-order valence-electron chi connectivity index (χ0n) is 10.7. The molecule has 1 N–H and O–H groups in total. The molecule has 0 atom stereocenters. The van der Waals surface area contributed by atoms with E-state index in [4.69, 9.17) is 6.42 Å². The van der Waals surface area contributed by atoms with Gasteiger partial charge in [0.05, 0.1) is 0 Å². The highest BCUT2D eigenvalue weighted by atomic mass is 16.1. The molecule has 0 fully saturated rings. The lowest BCUT2D eigenvalue weighted by Crippen LogP contribution is -2.26. The number of amides is 1. The maximum atomic E-state index is 12.0. The van der Waals surface area contributed by atoms with Gasteiger partial charge in [-0.1, -0.05) is 30.3 Å². The first-order valence-corrected chi connectivity index (χ1v) is 6.22. The Morgan fingerprint density at radius 3 is 2.74 bits per heavy atom. The zero-order valence-corrected chi connectivity index (χ0v) is 10.7. The Balaban J connectivity index is 2.05. The second kappa shape index (κ2) is 6.46. The van der Waals surface area contributed by atoms with Crippen molar-refractivity contribution in [2.24, 2.45) is 0 Å². The zero-order chi connectivity index (χ0) is 13.5. The molecule has 0 radical (unpaired) electrons. The molecule has 1 aromatic carbocycles. The summed E-state index contributed by atoms with van der Waals surface area (Å²) < 4.78 is 1.93. The average Bonchev–Trinajstić information content (AvgIpc) is 2.88. The molecule has 1 amide bonds. The highest BCUT2D eigenvalue weighted by molar-refractivity contribution is 5.92. The summed E-state index contributed by atoms with van der Waals surface area (Å²) in [4.78, 5) is 12.0.